The van der Waals surface area contributed by atoms with Crippen molar-refractivity contribution in [1.29, 1.82) is 0 Å². The predicted octanol–water partition coefficient (Wildman–Crippen LogP) is 0.829. The van der Waals surface area contributed by atoms with Crippen LogP contribution >= 0.6 is 0 Å². The summed E-state index contributed by atoms with van der Waals surface area (Å²) in [4.78, 5) is 13.5. The third-order valence-electron chi connectivity index (χ3n) is 3.86. The molecule has 0 aliphatic carbocycles. The summed E-state index contributed by atoms with van der Waals surface area (Å²) in [6, 6.07) is 2.55. The molecule has 1 fully saturated rings. The highest BCUT2D eigenvalue weighted by Gasteiger charge is 2.22. The monoisotopic (exact) mass is 294 g/mol. The Hall–Kier alpha value is -1.44. The van der Waals surface area contributed by atoms with Crippen LogP contribution in [0.15, 0.2) is 6.07 Å². The molecule has 0 atom stereocenters. The fourth-order valence-electron chi connectivity index (χ4n) is 2.59. The molecule has 0 radical (unpaired) electrons. The van der Waals surface area contributed by atoms with Gasteiger partial charge in [-0.15, -0.1) is 0 Å². The minimum absolute atomic E-state index is 0.410. The smallest absolute Gasteiger partial charge is 0.158 e. The molecule has 0 saturated carbocycles. The van der Waals surface area contributed by atoms with Crippen LogP contribution in [0.5, 0.6) is 0 Å². The number of hydrogen-bond donors (Lipinski definition) is 2. The molecule has 0 amide bonds. The van der Waals surface area contributed by atoms with Crippen LogP contribution in [0, 0.1) is 0 Å². The minimum Gasteiger partial charge on any atom is -0.374 e. The van der Waals surface area contributed by atoms with E-state index in [1.807, 2.05) is 13.0 Å². The molecule has 0 spiro atoms. The van der Waals surface area contributed by atoms with Crippen molar-refractivity contribution in [2.45, 2.75) is 32.4 Å². The SMILES string of the molecule is CCOCc1nc(NN)cc(N2CCC(N(C)C)CC2)n1. The maximum Gasteiger partial charge on any atom is 0.158 e. The lowest BCUT2D eigenvalue weighted by atomic mass is 10.0. The van der Waals surface area contributed by atoms with Gasteiger partial charge in [0.2, 0.25) is 0 Å². The molecular weight excluding hydrogens is 268 g/mol. The lowest BCUT2D eigenvalue weighted by Crippen LogP contribution is -2.42. The number of piperidine rings is 1. The summed E-state index contributed by atoms with van der Waals surface area (Å²) in [5.74, 6) is 7.72. The maximum atomic E-state index is 5.50. The number of rotatable bonds is 6. The summed E-state index contributed by atoms with van der Waals surface area (Å²) < 4.78 is 5.39. The van der Waals surface area contributed by atoms with E-state index in [2.05, 4.69) is 39.3 Å². The van der Waals surface area contributed by atoms with Crippen molar-refractivity contribution in [1.82, 2.24) is 14.9 Å². The molecule has 1 saturated heterocycles. The van der Waals surface area contributed by atoms with Crippen LogP contribution in [0.3, 0.4) is 0 Å². The van der Waals surface area contributed by atoms with Gasteiger partial charge in [-0.25, -0.2) is 15.8 Å². The molecule has 1 aromatic rings. The number of aromatic nitrogens is 2. The van der Waals surface area contributed by atoms with Gasteiger partial charge >= 0.3 is 0 Å². The van der Waals surface area contributed by atoms with Crippen LogP contribution in [0.4, 0.5) is 11.6 Å². The molecule has 3 N–H and O–H groups in total. The predicted molar refractivity (Wildman–Crippen MR) is 84.1 cm³/mol. The molecule has 1 aliphatic heterocycles. The van der Waals surface area contributed by atoms with Crippen LogP contribution in [0.25, 0.3) is 0 Å². The molecule has 1 aromatic heterocycles. The van der Waals surface area contributed by atoms with E-state index in [4.69, 9.17) is 10.6 Å². The number of nitrogens with zero attached hydrogens (tertiary/aromatic N) is 4. The Kier molecular flexibility index (Phi) is 5.72. The number of anilines is 2. The van der Waals surface area contributed by atoms with Crippen molar-refractivity contribution >= 4 is 11.6 Å². The summed E-state index contributed by atoms with van der Waals surface area (Å²) in [5.41, 5.74) is 2.61. The Morgan fingerprint density at radius 2 is 2.10 bits per heavy atom. The molecule has 118 valence electrons. The van der Waals surface area contributed by atoms with Gasteiger partial charge in [-0.3, -0.25) is 0 Å². The first kappa shape index (κ1) is 15.9. The number of nitrogens with one attached hydrogen (secondary N) is 1. The van der Waals surface area contributed by atoms with Gasteiger partial charge in [-0.2, -0.15) is 0 Å². The standard InChI is InChI=1S/C14H26N6O/c1-4-21-10-13-16-12(18-15)9-14(17-13)20-7-5-11(6-8-20)19(2)3/h9,11H,4-8,10,15H2,1-3H3,(H,16,17,18). The second-order valence-electron chi connectivity index (χ2n) is 5.49. The lowest BCUT2D eigenvalue weighted by Gasteiger charge is -2.36. The molecule has 0 bridgehead atoms. The van der Waals surface area contributed by atoms with E-state index >= 15 is 0 Å². The van der Waals surface area contributed by atoms with E-state index in [1.165, 1.54) is 0 Å². The summed E-state index contributed by atoms with van der Waals surface area (Å²) in [5, 5.41) is 0. The number of ether oxygens (including phenoxy) is 1. The Morgan fingerprint density at radius 1 is 1.38 bits per heavy atom. The molecule has 7 nitrogen and oxygen atoms in total. The Morgan fingerprint density at radius 3 is 2.67 bits per heavy atom. The minimum atomic E-state index is 0.410. The average Bonchev–Trinajstić information content (AvgIpc) is 2.52. The fraction of sp³-hybridized carbons (Fsp3) is 0.714. The topological polar surface area (TPSA) is 79.5 Å². The summed E-state index contributed by atoms with van der Waals surface area (Å²) >= 11 is 0. The summed E-state index contributed by atoms with van der Waals surface area (Å²) in [6.45, 7) is 5.01. The third kappa shape index (κ3) is 4.26. The van der Waals surface area contributed by atoms with Gasteiger partial charge < -0.3 is 20.0 Å². The number of hydrazine groups is 1. The van der Waals surface area contributed by atoms with Crippen molar-refractivity contribution in [3.8, 4) is 0 Å². The zero-order valence-corrected chi connectivity index (χ0v) is 13.2. The molecule has 2 heterocycles. The van der Waals surface area contributed by atoms with Gasteiger partial charge in [0.25, 0.3) is 0 Å². The van der Waals surface area contributed by atoms with Gasteiger partial charge in [-0.05, 0) is 33.9 Å². The van der Waals surface area contributed by atoms with Gasteiger partial charge in [0.15, 0.2) is 5.82 Å². The van der Waals surface area contributed by atoms with Gasteiger partial charge in [0, 0.05) is 31.8 Å². The molecule has 21 heavy (non-hydrogen) atoms. The zero-order valence-electron chi connectivity index (χ0n) is 13.2. The normalized spacial score (nSPS) is 16.5. The van der Waals surface area contributed by atoms with E-state index in [0.29, 0.717) is 30.9 Å². The Labute approximate surface area is 126 Å². The van der Waals surface area contributed by atoms with Crippen molar-refractivity contribution in [3.05, 3.63) is 11.9 Å². The van der Waals surface area contributed by atoms with E-state index in [1.54, 1.807) is 0 Å². The highest BCUT2D eigenvalue weighted by atomic mass is 16.5. The molecule has 1 aliphatic rings. The van der Waals surface area contributed by atoms with Crippen LogP contribution in [-0.4, -0.2) is 54.7 Å². The van der Waals surface area contributed by atoms with Crippen molar-refractivity contribution in [2.24, 2.45) is 5.84 Å². The van der Waals surface area contributed by atoms with Gasteiger partial charge in [-0.1, -0.05) is 0 Å². The zero-order chi connectivity index (χ0) is 15.2. The second-order valence-corrected chi connectivity index (χ2v) is 5.49. The Balaban J connectivity index is 2.08. The summed E-state index contributed by atoms with van der Waals surface area (Å²) in [6.07, 6.45) is 2.28. The quantitative estimate of drug-likeness (QED) is 0.594. The van der Waals surface area contributed by atoms with Crippen LogP contribution in [0.2, 0.25) is 0 Å². The number of nitrogens with two attached hydrogens (primary N) is 1. The van der Waals surface area contributed by atoms with Crippen LogP contribution in [0.1, 0.15) is 25.6 Å². The first-order chi connectivity index (χ1) is 10.1. The largest absolute Gasteiger partial charge is 0.374 e. The highest BCUT2D eigenvalue weighted by Crippen LogP contribution is 2.22. The van der Waals surface area contributed by atoms with Crippen molar-refractivity contribution < 1.29 is 4.74 Å². The van der Waals surface area contributed by atoms with Crippen LogP contribution < -0.4 is 16.2 Å². The second kappa shape index (κ2) is 7.53. The summed E-state index contributed by atoms with van der Waals surface area (Å²) in [7, 11) is 4.28. The lowest BCUT2D eigenvalue weighted by molar-refractivity contribution is 0.128. The van der Waals surface area contributed by atoms with Gasteiger partial charge in [0.1, 0.15) is 18.2 Å². The first-order valence-electron chi connectivity index (χ1n) is 7.47. The first-order valence-corrected chi connectivity index (χ1v) is 7.47. The number of hydrogen-bond acceptors (Lipinski definition) is 7. The van der Waals surface area contributed by atoms with E-state index < -0.39 is 0 Å². The van der Waals surface area contributed by atoms with E-state index in [-0.39, 0.29) is 0 Å². The van der Waals surface area contributed by atoms with E-state index in [9.17, 15) is 0 Å². The molecule has 0 aromatic carbocycles. The fourth-order valence-corrected chi connectivity index (χ4v) is 2.59. The third-order valence-corrected chi connectivity index (χ3v) is 3.86. The van der Waals surface area contributed by atoms with E-state index in [0.717, 1.165) is 31.7 Å². The average molecular weight is 294 g/mol. The van der Waals surface area contributed by atoms with Crippen molar-refractivity contribution in [3.63, 3.8) is 0 Å². The number of nitrogen functional groups attached to an aromatic ring is 1. The van der Waals surface area contributed by atoms with Crippen molar-refractivity contribution in [2.75, 3.05) is 44.1 Å². The van der Waals surface area contributed by atoms with Crippen LogP contribution in [-0.2, 0) is 11.3 Å². The Bertz CT molecular complexity index is 445. The molecule has 7 heteroatoms. The highest BCUT2D eigenvalue weighted by molar-refractivity contribution is 5.49. The molecular formula is C14H26N6O. The molecule has 2 rings (SSSR count). The van der Waals surface area contributed by atoms with Gasteiger partial charge in [0.05, 0.1) is 0 Å². The maximum absolute atomic E-state index is 5.50. The molecule has 0 unspecified atom stereocenters.